The Morgan fingerprint density at radius 1 is 1.15 bits per heavy atom. The number of hydrogen-bond acceptors (Lipinski definition) is 2. The number of carbonyl (C=O) groups excluding carboxylic acids is 1. The second-order valence-corrected chi connectivity index (χ2v) is 6.92. The van der Waals surface area contributed by atoms with Crippen LogP contribution in [0.3, 0.4) is 0 Å². The van der Waals surface area contributed by atoms with Crippen molar-refractivity contribution in [1.82, 2.24) is 14.7 Å². The van der Waals surface area contributed by atoms with Gasteiger partial charge in [0, 0.05) is 24.5 Å². The molecule has 2 aromatic carbocycles. The number of likely N-dealkylation sites (tertiary alicyclic amines) is 1. The molecule has 0 saturated carbocycles. The van der Waals surface area contributed by atoms with E-state index in [4.69, 9.17) is 0 Å². The van der Waals surface area contributed by atoms with Crippen molar-refractivity contribution in [3.63, 3.8) is 0 Å². The molecule has 1 fully saturated rings. The van der Waals surface area contributed by atoms with Crippen LogP contribution in [0.25, 0.3) is 0 Å². The highest BCUT2D eigenvalue weighted by atomic mass is 16.2. The van der Waals surface area contributed by atoms with Crippen LogP contribution < -0.4 is 0 Å². The Bertz CT molecular complexity index is 901. The number of hydrogen-bond donors (Lipinski definition) is 0. The number of rotatable bonds is 4. The van der Waals surface area contributed by atoms with E-state index in [9.17, 15) is 4.79 Å². The van der Waals surface area contributed by atoms with Gasteiger partial charge >= 0.3 is 0 Å². The largest absolute Gasteiger partial charge is 0.332 e. The molecule has 0 aliphatic carbocycles. The molecule has 1 atom stereocenters. The first kappa shape index (κ1) is 16.6. The second-order valence-electron chi connectivity index (χ2n) is 6.92. The summed E-state index contributed by atoms with van der Waals surface area (Å²) in [5.41, 5.74) is 4.37. The number of nitrogens with zero attached hydrogens (tertiary/aromatic N) is 3. The Labute approximate surface area is 154 Å². The van der Waals surface area contributed by atoms with Crippen LogP contribution in [0.4, 0.5) is 0 Å². The van der Waals surface area contributed by atoms with E-state index in [2.05, 4.69) is 36.3 Å². The van der Waals surface area contributed by atoms with E-state index in [-0.39, 0.29) is 11.9 Å². The average Bonchev–Trinajstić information content (AvgIpc) is 3.33. The molecule has 3 aromatic rings. The maximum Gasteiger partial charge on any atom is 0.254 e. The van der Waals surface area contributed by atoms with Gasteiger partial charge in [-0.15, -0.1) is 0 Å². The third-order valence-electron chi connectivity index (χ3n) is 5.14. The fourth-order valence-corrected chi connectivity index (χ4v) is 3.84. The predicted octanol–water partition coefficient (Wildman–Crippen LogP) is 4.22. The SMILES string of the molecule is Cc1ccccc1C1CCCN1C(=O)c1cccc(Cn2cccn2)c1. The molecule has 26 heavy (non-hydrogen) atoms. The zero-order valence-electron chi connectivity index (χ0n) is 15.0. The molecule has 0 radical (unpaired) electrons. The molecule has 0 bridgehead atoms. The Morgan fingerprint density at radius 2 is 2.04 bits per heavy atom. The summed E-state index contributed by atoms with van der Waals surface area (Å²) in [4.78, 5) is 15.2. The van der Waals surface area contributed by atoms with Crippen LogP contribution in [-0.2, 0) is 6.54 Å². The lowest BCUT2D eigenvalue weighted by Gasteiger charge is -2.26. The molecule has 4 rings (SSSR count). The summed E-state index contributed by atoms with van der Waals surface area (Å²) in [6.07, 6.45) is 5.79. The van der Waals surface area contributed by atoms with Crippen LogP contribution in [0.15, 0.2) is 67.0 Å². The summed E-state index contributed by atoms with van der Waals surface area (Å²) in [6, 6.07) is 18.4. The van der Waals surface area contributed by atoms with Gasteiger partial charge in [-0.05, 0) is 54.7 Å². The number of amides is 1. The molecule has 4 heteroatoms. The molecule has 0 spiro atoms. The fourth-order valence-electron chi connectivity index (χ4n) is 3.84. The van der Waals surface area contributed by atoms with E-state index in [1.807, 2.05) is 46.1 Å². The monoisotopic (exact) mass is 345 g/mol. The zero-order chi connectivity index (χ0) is 17.9. The number of aryl methyl sites for hydroxylation is 1. The highest BCUT2D eigenvalue weighted by Gasteiger charge is 2.31. The third-order valence-corrected chi connectivity index (χ3v) is 5.14. The number of benzene rings is 2. The quantitative estimate of drug-likeness (QED) is 0.710. The minimum atomic E-state index is 0.123. The highest BCUT2D eigenvalue weighted by molar-refractivity contribution is 5.94. The van der Waals surface area contributed by atoms with Crippen molar-refractivity contribution in [2.24, 2.45) is 0 Å². The van der Waals surface area contributed by atoms with Crippen molar-refractivity contribution < 1.29 is 4.79 Å². The van der Waals surface area contributed by atoms with Crippen LogP contribution in [0.5, 0.6) is 0 Å². The molecule has 1 aliphatic heterocycles. The van der Waals surface area contributed by atoms with Gasteiger partial charge in [0.2, 0.25) is 0 Å². The predicted molar refractivity (Wildman–Crippen MR) is 102 cm³/mol. The van der Waals surface area contributed by atoms with Crippen molar-refractivity contribution >= 4 is 5.91 Å². The normalized spacial score (nSPS) is 16.8. The summed E-state index contributed by atoms with van der Waals surface area (Å²) < 4.78 is 1.87. The van der Waals surface area contributed by atoms with Gasteiger partial charge in [-0.1, -0.05) is 36.4 Å². The molecule has 1 unspecified atom stereocenters. The molecule has 2 heterocycles. The van der Waals surface area contributed by atoms with Crippen LogP contribution in [0.2, 0.25) is 0 Å². The molecular formula is C22H23N3O. The van der Waals surface area contributed by atoms with Gasteiger partial charge in [-0.3, -0.25) is 9.48 Å². The smallest absolute Gasteiger partial charge is 0.254 e. The van der Waals surface area contributed by atoms with Crippen molar-refractivity contribution in [2.75, 3.05) is 6.54 Å². The van der Waals surface area contributed by atoms with E-state index >= 15 is 0 Å². The minimum absolute atomic E-state index is 0.123. The van der Waals surface area contributed by atoms with Crippen molar-refractivity contribution in [3.05, 3.63) is 89.2 Å². The lowest BCUT2D eigenvalue weighted by Crippen LogP contribution is -2.31. The van der Waals surface area contributed by atoms with Gasteiger partial charge in [0.25, 0.3) is 5.91 Å². The summed E-state index contributed by atoms with van der Waals surface area (Å²) in [6.45, 7) is 3.62. The average molecular weight is 345 g/mol. The van der Waals surface area contributed by atoms with Crippen LogP contribution >= 0.6 is 0 Å². The topological polar surface area (TPSA) is 38.1 Å². The van der Waals surface area contributed by atoms with Gasteiger partial charge in [-0.25, -0.2) is 0 Å². The first-order valence-corrected chi connectivity index (χ1v) is 9.15. The van der Waals surface area contributed by atoms with Crippen LogP contribution in [-0.4, -0.2) is 27.1 Å². The highest BCUT2D eigenvalue weighted by Crippen LogP contribution is 2.34. The van der Waals surface area contributed by atoms with Crippen LogP contribution in [0.1, 0.15) is 45.9 Å². The van der Waals surface area contributed by atoms with E-state index in [1.54, 1.807) is 6.20 Å². The summed E-state index contributed by atoms with van der Waals surface area (Å²) >= 11 is 0. The molecule has 1 aromatic heterocycles. The van der Waals surface area contributed by atoms with Crippen molar-refractivity contribution in [3.8, 4) is 0 Å². The Morgan fingerprint density at radius 3 is 2.85 bits per heavy atom. The number of aromatic nitrogens is 2. The van der Waals surface area contributed by atoms with Crippen LogP contribution in [0, 0.1) is 6.92 Å². The van der Waals surface area contributed by atoms with E-state index in [0.717, 1.165) is 30.5 Å². The van der Waals surface area contributed by atoms with Gasteiger partial charge in [-0.2, -0.15) is 5.10 Å². The van der Waals surface area contributed by atoms with Gasteiger partial charge in [0.15, 0.2) is 0 Å². The second kappa shape index (κ2) is 7.16. The lowest BCUT2D eigenvalue weighted by atomic mass is 9.99. The molecule has 0 N–H and O–H groups in total. The summed E-state index contributed by atoms with van der Waals surface area (Å²) in [5, 5.41) is 4.25. The lowest BCUT2D eigenvalue weighted by molar-refractivity contribution is 0.0735. The number of carbonyl (C=O) groups is 1. The zero-order valence-corrected chi connectivity index (χ0v) is 15.0. The molecule has 4 nitrogen and oxygen atoms in total. The van der Waals surface area contributed by atoms with E-state index in [1.165, 1.54) is 11.1 Å². The molecule has 132 valence electrons. The fraction of sp³-hybridized carbons (Fsp3) is 0.273. The molecule has 1 aliphatic rings. The summed E-state index contributed by atoms with van der Waals surface area (Å²) in [5.74, 6) is 0.123. The van der Waals surface area contributed by atoms with Gasteiger partial charge < -0.3 is 4.90 Å². The van der Waals surface area contributed by atoms with Crippen molar-refractivity contribution in [2.45, 2.75) is 32.4 Å². The minimum Gasteiger partial charge on any atom is -0.332 e. The van der Waals surface area contributed by atoms with E-state index in [0.29, 0.717) is 6.54 Å². The standard InChI is InChI=1S/C22H23N3O/c1-17-7-2-3-10-20(17)21-11-5-14-25(21)22(26)19-9-4-8-18(15-19)16-24-13-6-12-23-24/h2-4,6-10,12-13,15,21H,5,11,14,16H2,1H3. The van der Waals surface area contributed by atoms with Gasteiger partial charge in [0.1, 0.15) is 0 Å². The summed E-state index contributed by atoms with van der Waals surface area (Å²) in [7, 11) is 0. The third kappa shape index (κ3) is 3.27. The Kier molecular flexibility index (Phi) is 4.57. The Balaban J connectivity index is 1.58. The first-order chi connectivity index (χ1) is 12.7. The Hall–Kier alpha value is -2.88. The maximum absolute atomic E-state index is 13.2. The molecule has 1 saturated heterocycles. The first-order valence-electron chi connectivity index (χ1n) is 9.15. The van der Waals surface area contributed by atoms with Crippen molar-refractivity contribution in [1.29, 1.82) is 0 Å². The maximum atomic E-state index is 13.2. The molecular weight excluding hydrogens is 322 g/mol. The molecule has 1 amide bonds. The van der Waals surface area contributed by atoms with Gasteiger partial charge in [0.05, 0.1) is 12.6 Å². The van der Waals surface area contributed by atoms with E-state index < -0.39 is 0 Å².